The minimum Gasteiger partial charge on any atom is -0.512 e. The topological polar surface area (TPSA) is 68.0 Å². The van der Waals surface area contributed by atoms with Gasteiger partial charge in [-0.3, -0.25) is 4.79 Å². The van der Waals surface area contributed by atoms with E-state index in [4.69, 9.17) is 0 Å². The van der Waals surface area contributed by atoms with Crippen LogP contribution in [-0.4, -0.2) is 25.9 Å². The lowest BCUT2D eigenvalue weighted by molar-refractivity contribution is -0.115. The van der Waals surface area contributed by atoms with E-state index in [0.717, 1.165) is 22.3 Å². The maximum Gasteiger partial charge on any atom is 0.167 e. The van der Waals surface area contributed by atoms with Gasteiger partial charge in [-0.15, -0.1) is 5.10 Å². The number of allylic oxidation sites excluding steroid dienone is 2. The lowest BCUT2D eigenvalue weighted by atomic mass is 9.79. The number of halogens is 1. The number of carbonyl (C=O) groups is 1. The van der Waals surface area contributed by atoms with Crippen molar-refractivity contribution in [2.45, 2.75) is 46.6 Å². The molecule has 0 saturated carbocycles. The predicted molar refractivity (Wildman–Crippen MR) is 118 cm³/mol. The molecule has 1 N–H and O–H groups in total. The highest BCUT2D eigenvalue weighted by atomic mass is 19.1. The molecular weight excluding hydrogens is 393 g/mol. The minimum atomic E-state index is -0.331. The van der Waals surface area contributed by atoms with Gasteiger partial charge in [-0.1, -0.05) is 35.0 Å². The zero-order chi connectivity index (χ0) is 22.3. The maximum atomic E-state index is 13.5. The van der Waals surface area contributed by atoms with Crippen LogP contribution < -0.4 is 0 Å². The van der Waals surface area contributed by atoms with Crippen LogP contribution in [0.15, 0.2) is 48.4 Å². The van der Waals surface area contributed by atoms with E-state index in [1.807, 2.05) is 39.8 Å². The van der Waals surface area contributed by atoms with Gasteiger partial charge in [-0.25, -0.2) is 9.07 Å². The molecule has 2 atom stereocenters. The van der Waals surface area contributed by atoms with Gasteiger partial charge in [0.2, 0.25) is 0 Å². The van der Waals surface area contributed by atoms with E-state index in [2.05, 4.69) is 10.3 Å². The average Bonchev–Trinajstić information content (AvgIpc) is 3.19. The fourth-order valence-corrected chi connectivity index (χ4v) is 4.59. The number of aliphatic hydroxyl groups is 1. The second-order valence-corrected chi connectivity index (χ2v) is 8.52. The third-order valence-corrected chi connectivity index (χ3v) is 6.13. The van der Waals surface area contributed by atoms with Crippen molar-refractivity contribution in [2.24, 2.45) is 5.92 Å². The number of carbonyl (C=O) groups excluding carboxylic acids is 1. The van der Waals surface area contributed by atoms with Gasteiger partial charge in [0.1, 0.15) is 17.3 Å². The molecule has 5 nitrogen and oxygen atoms in total. The number of rotatable bonds is 4. The Morgan fingerprint density at radius 3 is 2.48 bits per heavy atom. The third kappa shape index (κ3) is 4.02. The van der Waals surface area contributed by atoms with Gasteiger partial charge in [-0.05, 0) is 62.4 Å². The summed E-state index contributed by atoms with van der Waals surface area (Å²) in [5, 5.41) is 19.2. The number of aryl methyl sites for hydroxylation is 3. The molecule has 0 aliphatic heterocycles. The normalized spacial score (nSPS) is 17.8. The molecule has 31 heavy (non-hydrogen) atoms. The molecule has 1 aromatic heterocycles. The first-order valence-corrected chi connectivity index (χ1v) is 10.5. The van der Waals surface area contributed by atoms with Gasteiger partial charge in [0.05, 0.1) is 17.8 Å². The number of benzene rings is 2. The monoisotopic (exact) mass is 419 g/mol. The first-order valence-electron chi connectivity index (χ1n) is 10.5. The van der Waals surface area contributed by atoms with Crippen molar-refractivity contribution in [3.63, 3.8) is 0 Å². The van der Waals surface area contributed by atoms with E-state index in [-0.39, 0.29) is 29.3 Å². The molecule has 4 rings (SSSR count). The summed E-state index contributed by atoms with van der Waals surface area (Å²) in [6.07, 6.45) is 2.47. The Balaban J connectivity index is 1.60. The Morgan fingerprint density at radius 1 is 1.13 bits per heavy atom. The first-order chi connectivity index (χ1) is 14.7. The Kier molecular flexibility index (Phi) is 5.48. The van der Waals surface area contributed by atoms with Crippen LogP contribution in [0.3, 0.4) is 0 Å². The number of hydrogen-bond donors (Lipinski definition) is 1. The van der Waals surface area contributed by atoms with Crippen LogP contribution in [0, 0.1) is 32.5 Å². The Bertz CT molecular complexity index is 1170. The van der Waals surface area contributed by atoms with Crippen LogP contribution in [0.1, 0.15) is 48.1 Å². The van der Waals surface area contributed by atoms with Crippen molar-refractivity contribution in [3.05, 3.63) is 76.4 Å². The second kappa shape index (κ2) is 8.10. The Labute approximate surface area is 181 Å². The van der Waals surface area contributed by atoms with Gasteiger partial charge in [0.15, 0.2) is 5.78 Å². The van der Waals surface area contributed by atoms with Crippen LogP contribution in [0.4, 0.5) is 4.39 Å². The molecule has 0 spiro atoms. The molecule has 0 radical (unpaired) electrons. The van der Waals surface area contributed by atoms with E-state index >= 15 is 0 Å². The Hall–Kier alpha value is -3.28. The SMILES string of the molecule is Cc1cc(C)c(C2=C(O)CC(C(C)n3cc(-c4cccc(F)c4)nn3)CC2=O)c(C)c1. The molecule has 0 fully saturated rings. The van der Waals surface area contributed by atoms with E-state index in [1.54, 1.807) is 23.0 Å². The highest BCUT2D eigenvalue weighted by Crippen LogP contribution is 2.39. The molecular formula is C25H26FN3O2. The molecule has 0 amide bonds. The number of ketones is 1. The molecule has 1 heterocycles. The number of nitrogens with zero attached hydrogens (tertiary/aromatic N) is 3. The molecule has 1 aliphatic carbocycles. The molecule has 2 unspecified atom stereocenters. The number of hydrogen-bond acceptors (Lipinski definition) is 4. The number of aromatic nitrogens is 3. The minimum absolute atomic E-state index is 0.0545. The smallest absolute Gasteiger partial charge is 0.167 e. The largest absolute Gasteiger partial charge is 0.512 e. The first kappa shape index (κ1) is 21.0. The summed E-state index contributed by atoms with van der Waals surface area (Å²) in [5.74, 6) is -0.360. The van der Waals surface area contributed by atoms with Crippen LogP contribution in [-0.2, 0) is 4.79 Å². The molecule has 1 aliphatic rings. The van der Waals surface area contributed by atoms with Crippen molar-refractivity contribution in [2.75, 3.05) is 0 Å². The second-order valence-electron chi connectivity index (χ2n) is 8.52. The van der Waals surface area contributed by atoms with Crippen molar-refractivity contribution in [3.8, 4) is 11.3 Å². The highest BCUT2D eigenvalue weighted by molar-refractivity contribution is 6.22. The van der Waals surface area contributed by atoms with Crippen LogP contribution in [0.2, 0.25) is 0 Å². The van der Waals surface area contributed by atoms with Gasteiger partial charge in [-0.2, -0.15) is 0 Å². The maximum absolute atomic E-state index is 13.5. The fraction of sp³-hybridized carbons (Fsp3) is 0.320. The highest BCUT2D eigenvalue weighted by Gasteiger charge is 2.34. The van der Waals surface area contributed by atoms with Crippen molar-refractivity contribution >= 4 is 11.4 Å². The predicted octanol–water partition coefficient (Wildman–Crippen LogP) is 5.52. The molecule has 0 bridgehead atoms. The van der Waals surface area contributed by atoms with Gasteiger partial charge < -0.3 is 5.11 Å². The zero-order valence-corrected chi connectivity index (χ0v) is 18.2. The number of Topliss-reactive ketones (excluding diaryl/α,β-unsaturated/α-hetero) is 1. The summed E-state index contributed by atoms with van der Waals surface area (Å²) in [6, 6.07) is 10.1. The van der Waals surface area contributed by atoms with E-state index in [9.17, 15) is 14.3 Å². The van der Waals surface area contributed by atoms with Crippen molar-refractivity contribution < 1.29 is 14.3 Å². The summed E-state index contributed by atoms with van der Waals surface area (Å²) in [4.78, 5) is 13.1. The summed E-state index contributed by atoms with van der Waals surface area (Å²) < 4.78 is 15.2. The van der Waals surface area contributed by atoms with E-state index < -0.39 is 0 Å². The summed E-state index contributed by atoms with van der Waals surface area (Å²) >= 11 is 0. The lowest BCUT2D eigenvalue weighted by Gasteiger charge is -2.29. The molecule has 0 saturated heterocycles. The summed E-state index contributed by atoms with van der Waals surface area (Å²) in [7, 11) is 0. The molecule has 3 aromatic rings. The lowest BCUT2D eigenvalue weighted by Crippen LogP contribution is -2.26. The van der Waals surface area contributed by atoms with Crippen LogP contribution in [0.5, 0.6) is 0 Å². The number of aliphatic hydroxyl groups excluding tert-OH is 1. The summed E-state index contributed by atoms with van der Waals surface area (Å²) in [6.45, 7) is 7.93. The third-order valence-electron chi connectivity index (χ3n) is 6.13. The quantitative estimate of drug-likeness (QED) is 0.605. The zero-order valence-electron chi connectivity index (χ0n) is 18.2. The molecule has 160 valence electrons. The van der Waals surface area contributed by atoms with Crippen LogP contribution >= 0.6 is 0 Å². The van der Waals surface area contributed by atoms with Crippen molar-refractivity contribution in [1.82, 2.24) is 15.0 Å². The molecule has 2 aromatic carbocycles. The van der Waals surface area contributed by atoms with Gasteiger partial charge >= 0.3 is 0 Å². The Morgan fingerprint density at radius 2 is 1.84 bits per heavy atom. The standard InChI is InChI=1S/C25H26FN3O2/c1-14-8-15(2)24(16(3)9-14)25-22(30)11-19(12-23(25)31)17(4)29-13-21(27-28-29)18-6-5-7-20(26)10-18/h5-10,13,17,19,30H,11-12H2,1-4H3. The van der Waals surface area contributed by atoms with Crippen molar-refractivity contribution in [1.29, 1.82) is 0 Å². The van der Waals surface area contributed by atoms with E-state index in [0.29, 0.717) is 29.7 Å². The molecule has 6 heteroatoms. The van der Waals surface area contributed by atoms with E-state index in [1.165, 1.54) is 12.1 Å². The fourth-order valence-electron chi connectivity index (χ4n) is 4.59. The summed E-state index contributed by atoms with van der Waals surface area (Å²) in [5.41, 5.74) is 5.62. The average molecular weight is 420 g/mol. The van der Waals surface area contributed by atoms with Gasteiger partial charge in [0, 0.05) is 18.4 Å². The van der Waals surface area contributed by atoms with Gasteiger partial charge in [0.25, 0.3) is 0 Å². The van der Waals surface area contributed by atoms with Crippen LogP contribution in [0.25, 0.3) is 16.8 Å².